The second-order valence-corrected chi connectivity index (χ2v) is 7.02. The van der Waals surface area contributed by atoms with E-state index in [2.05, 4.69) is 19.8 Å². The zero-order valence-electron chi connectivity index (χ0n) is 13.2. The van der Waals surface area contributed by atoms with E-state index in [-0.39, 0.29) is 24.5 Å². The van der Waals surface area contributed by atoms with E-state index in [1.807, 2.05) is 0 Å². The number of hydrogen-bond donors (Lipinski definition) is 2. The molecule has 0 aliphatic heterocycles. The van der Waals surface area contributed by atoms with Gasteiger partial charge in [0.05, 0.1) is 11.8 Å². The second-order valence-electron chi connectivity index (χ2n) is 5.18. The Morgan fingerprint density at radius 1 is 1.28 bits per heavy atom. The van der Waals surface area contributed by atoms with Crippen molar-refractivity contribution in [1.29, 1.82) is 0 Å². The Morgan fingerprint density at radius 3 is 2.76 bits per heavy atom. The summed E-state index contributed by atoms with van der Waals surface area (Å²) in [7, 11) is -3.29. The molecule has 10 heteroatoms. The van der Waals surface area contributed by atoms with E-state index in [9.17, 15) is 13.2 Å². The lowest BCUT2D eigenvalue weighted by Gasteiger charge is -2.05. The minimum absolute atomic E-state index is 0. The molecule has 25 heavy (non-hydrogen) atoms. The lowest BCUT2D eigenvalue weighted by atomic mass is 10.2. The van der Waals surface area contributed by atoms with Crippen LogP contribution in [0.3, 0.4) is 0 Å². The third-order valence-electron chi connectivity index (χ3n) is 3.32. The lowest BCUT2D eigenvalue weighted by Crippen LogP contribution is -2.22. The van der Waals surface area contributed by atoms with Crippen molar-refractivity contribution in [2.24, 2.45) is 0 Å². The van der Waals surface area contributed by atoms with Gasteiger partial charge in [0.2, 0.25) is 10.0 Å². The number of aromatic amines is 1. The van der Waals surface area contributed by atoms with Crippen molar-refractivity contribution in [1.82, 2.24) is 24.5 Å². The largest absolute Gasteiger partial charge is 0.296 e. The minimum Gasteiger partial charge on any atom is -0.296 e. The zero-order valence-corrected chi connectivity index (χ0v) is 14.8. The molecule has 3 aromatic rings. The number of hydrogen-bond acceptors (Lipinski definition) is 5. The number of aromatic nitrogens is 4. The summed E-state index contributed by atoms with van der Waals surface area (Å²) in [6.07, 6.45) is 7.43. The molecule has 0 bridgehead atoms. The minimum atomic E-state index is -3.29. The number of nitrogens with zero attached hydrogens (tertiary/aromatic N) is 3. The molecule has 0 fully saturated rings. The summed E-state index contributed by atoms with van der Waals surface area (Å²) in [5, 5.41) is 2.86. The lowest BCUT2D eigenvalue weighted by molar-refractivity contribution is 0.587. The highest BCUT2D eigenvalue weighted by molar-refractivity contribution is 7.88. The van der Waals surface area contributed by atoms with Crippen LogP contribution in [0.25, 0.3) is 16.9 Å². The van der Waals surface area contributed by atoms with Crippen LogP contribution < -0.4 is 10.3 Å². The smallest absolute Gasteiger partial charge is 0.280 e. The first-order chi connectivity index (χ1) is 11.4. The van der Waals surface area contributed by atoms with E-state index >= 15 is 0 Å². The van der Waals surface area contributed by atoms with Crippen LogP contribution in [0.2, 0.25) is 0 Å². The molecule has 0 amide bonds. The molecule has 0 radical (unpaired) electrons. The maximum Gasteiger partial charge on any atom is 0.280 e. The first-order valence-corrected chi connectivity index (χ1v) is 8.94. The number of rotatable bonds is 5. The van der Waals surface area contributed by atoms with Gasteiger partial charge in [-0.3, -0.25) is 14.9 Å². The summed E-state index contributed by atoms with van der Waals surface area (Å²) in [6, 6.07) is 6.87. The van der Waals surface area contributed by atoms with Crippen molar-refractivity contribution in [3.05, 3.63) is 65.0 Å². The normalized spacial score (nSPS) is 11.1. The Balaban J connectivity index is 0.00000225. The number of halogens is 1. The van der Waals surface area contributed by atoms with Gasteiger partial charge in [0, 0.05) is 36.9 Å². The van der Waals surface area contributed by atoms with Gasteiger partial charge in [-0.15, -0.1) is 12.4 Å². The van der Waals surface area contributed by atoms with Crippen LogP contribution in [-0.2, 0) is 16.6 Å². The summed E-state index contributed by atoms with van der Waals surface area (Å²) in [5.74, 6) is 0.378. The van der Waals surface area contributed by atoms with Crippen LogP contribution in [0.4, 0.5) is 0 Å². The van der Waals surface area contributed by atoms with E-state index in [0.29, 0.717) is 22.5 Å². The van der Waals surface area contributed by atoms with E-state index in [1.54, 1.807) is 42.9 Å². The topological polar surface area (TPSA) is 110 Å². The van der Waals surface area contributed by atoms with Crippen LogP contribution >= 0.6 is 12.4 Å². The summed E-state index contributed by atoms with van der Waals surface area (Å²) in [5.41, 5.74) is 1.61. The van der Waals surface area contributed by atoms with Crippen molar-refractivity contribution in [2.45, 2.75) is 6.54 Å². The van der Waals surface area contributed by atoms with Crippen LogP contribution in [0.15, 0.2) is 53.8 Å². The van der Waals surface area contributed by atoms with E-state index < -0.39 is 10.0 Å². The quantitative estimate of drug-likeness (QED) is 0.687. The van der Waals surface area contributed by atoms with Gasteiger partial charge in [0.1, 0.15) is 0 Å². The van der Waals surface area contributed by atoms with Crippen molar-refractivity contribution < 1.29 is 8.42 Å². The van der Waals surface area contributed by atoms with Gasteiger partial charge in [-0.25, -0.2) is 22.8 Å². The van der Waals surface area contributed by atoms with Crippen molar-refractivity contribution in [3.63, 3.8) is 0 Å². The molecular weight excluding hydrogens is 366 g/mol. The first-order valence-electron chi connectivity index (χ1n) is 7.05. The molecular formula is C15H16ClN5O3S. The van der Waals surface area contributed by atoms with Crippen LogP contribution in [0.5, 0.6) is 0 Å². The standard InChI is InChI=1S/C15H15N5O3S.ClH/c1-24(22,23)19-8-11-4-6-17-14(7-11)20-15(21)13(10-18-20)12-3-2-5-16-9-12;/h2-7,9-10,18-19H,8H2,1H3;1H. The number of H-pyrrole nitrogens is 1. The molecule has 0 aromatic carbocycles. The predicted octanol–water partition coefficient (Wildman–Crippen LogP) is 1.09. The fourth-order valence-corrected chi connectivity index (χ4v) is 2.61. The highest BCUT2D eigenvalue weighted by Gasteiger charge is 2.11. The Labute approximate surface area is 150 Å². The maximum atomic E-state index is 12.6. The second kappa shape index (κ2) is 7.60. The summed E-state index contributed by atoms with van der Waals surface area (Å²) < 4.78 is 26.1. The zero-order chi connectivity index (χ0) is 17.2. The van der Waals surface area contributed by atoms with Crippen molar-refractivity contribution >= 4 is 22.4 Å². The molecule has 3 aromatic heterocycles. The highest BCUT2D eigenvalue weighted by Crippen LogP contribution is 2.13. The molecule has 2 N–H and O–H groups in total. The van der Waals surface area contributed by atoms with Gasteiger partial charge in [-0.2, -0.15) is 0 Å². The third-order valence-corrected chi connectivity index (χ3v) is 3.99. The van der Waals surface area contributed by atoms with Crippen LogP contribution in [0, 0.1) is 0 Å². The Bertz CT molecular complexity index is 1010. The molecule has 0 unspecified atom stereocenters. The average molecular weight is 382 g/mol. The van der Waals surface area contributed by atoms with Crippen LogP contribution in [-0.4, -0.2) is 34.4 Å². The maximum absolute atomic E-state index is 12.6. The Morgan fingerprint density at radius 2 is 2.08 bits per heavy atom. The fourth-order valence-electron chi connectivity index (χ4n) is 2.18. The Hall–Kier alpha value is -2.49. The molecule has 0 aliphatic rings. The van der Waals surface area contributed by atoms with Gasteiger partial charge in [-0.05, 0) is 23.8 Å². The molecule has 3 rings (SSSR count). The summed E-state index contributed by atoms with van der Waals surface area (Å²) in [6.45, 7) is 0.124. The SMILES string of the molecule is CS(=O)(=O)NCc1ccnc(-n2[nH]cc(-c3cccnc3)c2=O)c1.Cl. The summed E-state index contributed by atoms with van der Waals surface area (Å²) >= 11 is 0. The predicted molar refractivity (Wildman–Crippen MR) is 96.3 cm³/mol. The van der Waals surface area contributed by atoms with Crippen LogP contribution in [0.1, 0.15) is 5.56 Å². The van der Waals surface area contributed by atoms with Gasteiger partial charge in [-0.1, -0.05) is 6.07 Å². The molecule has 0 spiro atoms. The van der Waals surface area contributed by atoms with E-state index in [1.165, 1.54) is 10.9 Å². The molecule has 8 nitrogen and oxygen atoms in total. The molecule has 0 aliphatic carbocycles. The van der Waals surface area contributed by atoms with E-state index in [4.69, 9.17) is 0 Å². The van der Waals surface area contributed by atoms with Crippen molar-refractivity contribution in [3.8, 4) is 16.9 Å². The van der Waals surface area contributed by atoms with Gasteiger partial charge < -0.3 is 0 Å². The molecule has 0 saturated heterocycles. The fraction of sp³-hybridized carbons (Fsp3) is 0.133. The molecule has 0 atom stereocenters. The van der Waals surface area contributed by atoms with Gasteiger partial charge in [0.15, 0.2) is 5.82 Å². The highest BCUT2D eigenvalue weighted by atomic mass is 35.5. The monoisotopic (exact) mass is 381 g/mol. The first kappa shape index (κ1) is 18.8. The Kier molecular flexibility index (Phi) is 5.73. The summed E-state index contributed by atoms with van der Waals surface area (Å²) in [4.78, 5) is 20.7. The van der Waals surface area contributed by atoms with Crippen molar-refractivity contribution in [2.75, 3.05) is 6.26 Å². The van der Waals surface area contributed by atoms with Gasteiger partial charge in [0.25, 0.3) is 5.56 Å². The number of pyridine rings is 2. The third kappa shape index (κ3) is 4.53. The molecule has 132 valence electrons. The molecule has 3 heterocycles. The number of nitrogens with one attached hydrogen (secondary N) is 2. The van der Waals surface area contributed by atoms with E-state index in [0.717, 1.165) is 6.26 Å². The molecule has 0 saturated carbocycles. The number of sulfonamides is 1. The van der Waals surface area contributed by atoms with Gasteiger partial charge >= 0.3 is 0 Å². The average Bonchev–Trinajstić information content (AvgIpc) is 2.95.